The van der Waals surface area contributed by atoms with E-state index in [1.807, 2.05) is 6.92 Å². The Morgan fingerprint density at radius 3 is 2.65 bits per heavy atom. The van der Waals surface area contributed by atoms with E-state index < -0.39 is 10.0 Å². The van der Waals surface area contributed by atoms with Gasteiger partial charge in [-0.1, -0.05) is 19.8 Å². The van der Waals surface area contributed by atoms with Crippen molar-refractivity contribution in [2.75, 3.05) is 0 Å². The first kappa shape index (κ1) is 15.5. The molecule has 2 rings (SSSR count). The first-order chi connectivity index (χ1) is 9.32. The molecule has 0 spiro atoms. The smallest absolute Gasteiger partial charge is 0.252 e. The van der Waals surface area contributed by atoms with Crippen molar-refractivity contribution < 1.29 is 13.2 Å². The number of hydrogen-bond acceptors (Lipinski definition) is 4. The van der Waals surface area contributed by atoms with Gasteiger partial charge in [-0.2, -0.15) is 0 Å². The summed E-state index contributed by atoms with van der Waals surface area (Å²) in [6, 6.07) is 0.159. The largest absolute Gasteiger partial charge is 0.349 e. The molecule has 1 amide bonds. The van der Waals surface area contributed by atoms with Crippen molar-refractivity contribution in [2.45, 2.75) is 49.8 Å². The third kappa shape index (κ3) is 3.59. The van der Waals surface area contributed by atoms with Crippen LogP contribution in [0.1, 0.15) is 48.5 Å². The van der Waals surface area contributed by atoms with Gasteiger partial charge in [0.1, 0.15) is 4.21 Å². The fourth-order valence-electron chi connectivity index (χ4n) is 2.25. The highest BCUT2D eigenvalue weighted by Crippen LogP contribution is 2.34. The SMILES string of the molecule is CCC(CC1CC1)NC(=O)c1csc(S(N)(=O)=O)c1C. The normalized spacial score (nSPS) is 16.9. The minimum atomic E-state index is -3.75. The summed E-state index contributed by atoms with van der Waals surface area (Å²) in [5.41, 5.74) is 0.851. The number of carbonyl (C=O) groups excluding carboxylic acids is 1. The van der Waals surface area contributed by atoms with Gasteiger partial charge in [-0.15, -0.1) is 11.3 Å². The summed E-state index contributed by atoms with van der Waals surface area (Å²) in [7, 11) is -3.75. The van der Waals surface area contributed by atoms with Gasteiger partial charge in [-0.05, 0) is 31.2 Å². The summed E-state index contributed by atoms with van der Waals surface area (Å²) < 4.78 is 22.8. The van der Waals surface area contributed by atoms with Crippen molar-refractivity contribution in [1.29, 1.82) is 0 Å². The number of nitrogens with two attached hydrogens (primary N) is 1. The van der Waals surface area contributed by atoms with E-state index in [-0.39, 0.29) is 16.2 Å². The molecule has 1 aliphatic rings. The Labute approximate surface area is 123 Å². The van der Waals surface area contributed by atoms with Crippen LogP contribution in [-0.2, 0) is 10.0 Å². The van der Waals surface area contributed by atoms with E-state index >= 15 is 0 Å². The zero-order valence-corrected chi connectivity index (χ0v) is 13.3. The van der Waals surface area contributed by atoms with Gasteiger partial charge in [0.2, 0.25) is 10.0 Å². The Kier molecular flexibility index (Phi) is 4.51. The van der Waals surface area contributed by atoms with Gasteiger partial charge in [0, 0.05) is 11.4 Å². The van der Waals surface area contributed by atoms with Crippen LogP contribution in [0.25, 0.3) is 0 Å². The first-order valence-electron chi connectivity index (χ1n) is 6.74. The summed E-state index contributed by atoms with van der Waals surface area (Å²) in [6.45, 7) is 3.66. The van der Waals surface area contributed by atoms with E-state index in [0.717, 1.165) is 30.1 Å². The van der Waals surface area contributed by atoms with Gasteiger partial charge in [-0.25, -0.2) is 13.6 Å². The molecule has 1 saturated carbocycles. The average Bonchev–Trinajstić information content (AvgIpc) is 3.07. The van der Waals surface area contributed by atoms with Crippen LogP contribution in [0.5, 0.6) is 0 Å². The van der Waals surface area contributed by atoms with Crippen LogP contribution in [0.15, 0.2) is 9.59 Å². The lowest BCUT2D eigenvalue weighted by Crippen LogP contribution is -2.34. The number of rotatable bonds is 6. The Morgan fingerprint density at radius 1 is 1.55 bits per heavy atom. The van der Waals surface area contributed by atoms with Crippen LogP contribution in [0.2, 0.25) is 0 Å². The molecule has 1 aromatic heterocycles. The predicted octanol–water partition coefficient (Wildman–Crippen LogP) is 2.01. The number of hydrogen-bond donors (Lipinski definition) is 2. The third-order valence-electron chi connectivity index (χ3n) is 3.64. The third-order valence-corrected chi connectivity index (χ3v) is 6.32. The molecule has 5 nitrogen and oxygen atoms in total. The fourth-order valence-corrected chi connectivity index (χ4v) is 4.26. The predicted molar refractivity (Wildman–Crippen MR) is 79.3 cm³/mol. The van der Waals surface area contributed by atoms with Crippen LogP contribution >= 0.6 is 11.3 Å². The molecule has 1 fully saturated rings. The van der Waals surface area contributed by atoms with Crippen molar-refractivity contribution in [1.82, 2.24) is 5.32 Å². The molecule has 1 heterocycles. The minimum Gasteiger partial charge on any atom is -0.349 e. The molecule has 1 atom stereocenters. The Balaban J connectivity index is 2.10. The molecule has 0 aromatic carbocycles. The van der Waals surface area contributed by atoms with Gasteiger partial charge in [-0.3, -0.25) is 4.79 Å². The van der Waals surface area contributed by atoms with E-state index in [1.165, 1.54) is 12.8 Å². The van der Waals surface area contributed by atoms with Crippen LogP contribution in [0.4, 0.5) is 0 Å². The molecular weight excluding hydrogens is 296 g/mol. The number of sulfonamides is 1. The maximum Gasteiger partial charge on any atom is 0.252 e. The monoisotopic (exact) mass is 316 g/mol. The second-order valence-electron chi connectivity index (χ2n) is 5.36. The molecule has 7 heteroatoms. The van der Waals surface area contributed by atoms with Gasteiger partial charge in [0.15, 0.2) is 0 Å². The van der Waals surface area contributed by atoms with Crippen molar-refractivity contribution in [3.63, 3.8) is 0 Å². The second-order valence-corrected chi connectivity index (χ2v) is 8.00. The first-order valence-corrected chi connectivity index (χ1v) is 9.17. The van der Waals surface area contributed by atoms with Crippen molar-refractivity contribution in [2.24, 2.45) is 11.1 Å². The molecular formula is C13H20N2O3S2. The van der Waals surface area contributed by atoms with Crippen molar-refractivity contribution >= 4 is 27.3 Å². The van der Waals surface area contributed by atoms with Gasteiger partial charge < -0.3 is 5.32 Å². The zero-order valence-electron chi connectivity index (χ0n) is 11.7. The highest BCUT2D eigenvalue weighted by atomic mass is 32.2. The summed E-state index contributed by atoms with van der Waals surface area (Å²) in [5.74, 6) is 0.532. The lowest BCUT2D eigenvalue weighted by Gasteiger charge is -2.16. The second kappa shape index (κ2) is 5.83. The molecule has 0 saturated heterocycles. The molecule has 1 unspecified atom stereocenters. The molecule has 3 N–H and O–H groups in total. The Morgan fingerprint density at radius 2 is 2.20 bits per heavy atom. The number of amides is 1. The fraction of sp³-hybridized carbons (Fsp3) is 0.615. The van der Waals surface area contributed by atoms with Crippen molar-refractivity contribution in [3.05, 3.63) is 16.5 Å². The molecule has 0 radical (unpaired) electrons. The highest BCUT2D eigenvalue weighted by molar-refractivity contribution is 7.91. The number of thiophene rings is 1. The molecule has 112 valence electrons. The van der Waals surface area contributed by atoms with Crippen molar-refractivity contribution in [3.8, 4) is 0 Å². The average molecular weight is 316 g/mol. The maximum absolute atomic E-state index is 12.2. The standard InChI is InChI=1S/C13H20N2O3S2/c1-3-10(6-9-4-5-9)15-12(16)11-7-19-13(8(11)2)20(14,17)18/h7,9-10H,3-6H2,1-2H3,(H,15,16)(H2,14,17,18). The lowest BCUT2D eigenvalue weighted by atomic mass is 10.1. The van der Waals surface area contributed by atoms with Gasteiger partial charge in [0.05, 0.1) is 5.56 Å². The van der Waals surface area contributed by atoms with Gasteiger partial charge in [0.25, 0.3) is 5.91 Å². The molecule has 0 aliphatic heterocycles. The topological polar surface area (TPSA) is 89.3 Å². The number of primary sulfonamides is 1. The van der Waals surface area contributed by atoms with Gasteiger partial charge >= 0.3 is 0 Å². The summed E-state index contributed by atoms with van der Waals surface area (Å²) >= 11 is 0.999. The Hall–Kier alpha value is -0.920. The maximum atomic E-state index is 12.2. The van der Waals surface area contributed by atoms with E-state index in [9.17, 15) is 13.2 Å². The number of nitrogens with one attached hydrogen (secondary N) is 1. The Bertz CT molecular complexity index is 603. The lowest BCUT2D eigenvalue weighted by molar-refractivity contribution is 0.0932. The summed E-state index contributed by atoms with van der Waals surface area (Å²) in [5, 5.41) is 9.68. The summed E-state index contributed by atoms with van der Waals surface area (Å²) in [6.07, 6.45) is 4.39. The highest BCUT2D eigenvalue weighted by Gasteiger charge is 2.27. The quantitative estimate of drug-likeness (QED) is 0.841. The van der Waals surface area contributed by atoms with Crippen LogP contribution in [0.3, 0.4) is 0 Å². The molecule has 0 bridgehead atoms. The van der Waals surface area contributed by atoms with E-state index in [2.05, 4.69) is 5.32 Å². The zero-order chi connectivity index (χ0) is 14.9. The molecule has 1 aromatic rings. The molecule has 1 aliphatic carbocycles. The van der Waals surface area contributed by atoms with Crippen LogP contribution < -0.4 is 10.5 Å². The van der Waals surface area contributed by atoms with E-state index in [4.69, 9.17) is 5.14 Å². The van der Waals surface area contributed by atoms with E-state index in [1.54, 1.807) is 12.3 Å². The number of carbonyl (C=O) groups is 1. The molecule has 20 heavy (non-hydrogen) atoms. The minimum absolute atomic E-state index is 0.0675. The van der Waals surface area contributed by atoms with E-state index in [0.29, 0.717) is 11.1 Å². The summed E-state index contributed by atoms with van der Waals surface area (Å²) in [4.78, 5) is 12.2. The van der Waals surface area contributed by atoms with Crippen LogP contribution in [0, 0.1) is 12.8 Å². The van der Waals surface area contributed by atoms with Crippen LogP contribution in [-0.4, -0.2) is 20.4 Å².